The van der Waals surface area contributed by atoms with Crippen molar-refractivity contribution in [1.82, 2.24) is 0 Å². The van der Waals surface area contributed by atoms with Gasteiger partial charge in [-0.1, -0.05) is 23.8 Å². The van der Waals surface area contributed by atoms with Gasteiger partial charge in [0.15, 0.2) is 0 Å². The summed E-state index contributed by atoms with van der Waals surface area (Å²) in [6.45, 7) is 11.2. The highest BCUT2D eigenvalue weighted by Gasteiger charge is 2.23. The van der Waals surface area contributed by atoms with Crippen LogP contribution in [0, 0.1) is 34.6 Å². The van der Waals surface area contributed by atoms with E-state index in [1.165, 1.54) is 44.5 Å². The van der Waals surface area contributed by atoms with E-state index >= 15 is 0 Å². The molecule has 0 atom stereocenters. The zero-order chi connectivity index (χ0) is 13.0. The van der Waals surface area contributed by atoms with E-state index in [0.29, 0.717) is 0 Å². The standard InChI is InChI=1S/C18H20/c1-10-6-12(3)18-15(7-10)9-16-14(5)13(4)11(2)8-17(16)18/h6-8H,9H2,1-5H3. The van der Waals surface area contributed by atoms with Crippen LogP contribution < -0.4 is 0 Å². The first-order valence-corrected chi connectivity index (χ1v) is 6.69. The SMILES string of the molecule is Cc1cc(C)c2c(c1)Cc1c-2cc(C)c(C)c1C. The van der Waals surface area contributed by atoms with Crippen molar-refractivity contribution in [3.05, 3.63) is 57.1 Å². The van der Waals surface area contributed by atoms with Crippen molar-refractivity contribution in [3.63, 3.8) is 0 Å². The Morgan fingerprint density at radius 1 is 0.778 bits per heavy atom. The fourth-order valence-corrected chi connectivity index (χ4v) is 3.36. The van der Waals surface area contributed by atoms with E-state index in [9.17, 15) is 0 Å². The van der Waals surface area contributed by atoms with Crippen molar-refractivity contribution in [2.45, 2.75) is 41.0 Å². The van der Waals surface area contributed by atoms with Crippen LogP contribution in [0.5, 0.6) is 0 Å². The molecular weight excluding hydrogens is 216 g/mol. The molecule has 2 aromatic carbocycles. The van der Waals surface area contributed by atoms with Gasteiger partial charge in [0.05, 0.1) is 0 Å². The minimum atomic E-state index is 1.11. The summed E-state index contributed by atoms with van der Waals surface area (Å²) in [5, 5.41) is 0. The maximum absolute atomic E-state index is 2.38. The van der Waals surface area contributed by atoms with Gasteiger partial charge in [-0.3, -0.25) is 0 Å². The van der Waals surface area contributed by atoms with Crippen LogP contribution in [-0.4, -0.2) is 0 Å². The lowest BCUT2D eigenvalue weighted by Gasteiger charge is -2.12. The first kappa shape index (κ1) is 11.5. The zero-order valence-corrected chi connectivity index (χ0v) is 11.9. The number of hydrogen-bond acceptors (Lipinski definition) is 0. The smallest absolute Gasteiger partial charge is 0.00105 e. The van der Waals surface area contributed by atoms with Gasteiger partial charge in [0.2, 0.25) is 0 Å². The molecule has 1 aliphatic carbocycles. The summed E-state index contributed by atoms with van der Waals surface area (Å²) < 4.78 is 0. The molecule has 0 fully saturated rings. The van der Waals surface area contributed by atoms with Gasteiger partial charge in [0.25, 0.3) is 0 Å². The molecule has 0 saturated heterocycles. The van der Waals surface area contributed by atoms with E-state index in [1.807, 2.05) is 0 Å². The van der Waals surface area contributed by atoms with Crippen molar-refractivity contribution >= 4 is 0 Å². The molecule has 18 heavy (non-hydrogen) atoms. The fraction of sp³-hybridized carbons (Fsp3) is 0.333. The molecule has 92 valence electrons. The van der Waals surface area contributed by atoms with Gasteiger partial charge >= 0.3 is 0 Å². The Morgan fingerprint density at radius 2 is 1.50 bits per heavy atom. The van der Waals surface area contributed by atoms with Crippen LogP contribution in [0.1, 0.15) is 38.9 Å². The average molecular weight is 236 g/mol. The van der Waals surface area contributed by atoms with E-state index in [-0.39, 0.29) is 0 Å². The number of benzene rings is 2. The highest BCUT2D eigenvalue weighted by molar-refractivity contribution is 5.82. The Kier molecular flexibility index (Phi) is 2.38. The van der Waals surface area contributed by atoms with E-state index in [1.54, 1.807) is 5.56 Å². The second-order valence-electron chi connectivity index (χ2n) is 5.76. The molecule has 0 spiro atoms. The third-order valence-electron chi connectivity index (χ3n) is 4.49. The van der Waals surface area contributed by atoms with Crippen LogP contribution in [0.15, 0.2) is 18.2 Å². The Hall–Kier alpha value is -1.56. The van der Waals surface area contributed by atoms with Crippen molar-refractivity contribution in [3.8, 4) is 11.1 Å². The normalized spacial score (nSPS) is 12.5. The second kappa shape index (κ2) is 3.71. The topological polar surface area (TPSA) is 0 Å². The molecule has 3 rings (SSSR count). The van der Waals surface area contributed by atoms with Gasteiger partial charge in [-0.2, -0.15) is 0 Å². The lowest BCUT2D eigenvalue weighted by Crippen LogP contribution is -1.93. The fourth-order valence-electron chi connectivity index (χ4n) is 3.36. The Labute approximate surface area is 110 Å². The molecule has 0 amide bonds. The Morgan fingerprint density at radius 3 is 2.22 bits per heavy atom. The van der Waals surface area contributed by atoms with E-state index in [0.717, 1.165) is 6.42 Å². The minimum Gasteiger partial charge on any atom is -0.0557 e. The van der Waals surface area contributed by atoms with Crippen molar-refractivity contribution in [1.29, 1.82) is 0 Å². The summed E-state index contributed by atoms with van der Waals surface area (Å²) in [6, 6.07) is 7.04. The van der Waals surface area contributed by atoms with Gasteiger partial charge in [-0.15, -0.1) is 0 Å². The molecule has 0 N–H and O–H groups in total. The molecule has 0 aromatic heterocycles. The van der Waals surface area contributed by atoms with E-state index in [2.05, 4.69) is 52.8 Å². The molecule has 0 aliphatic heterocycles. The summed E-state index contributed by atoms with van der Waals surface area (Å²) in [7, 11) is 0. The number of fused-ring (bicyclic) bond motifs is 3. The molecule has 1 aliphatic rings. The first-order chi connectivity index (χ1) is 8.49. The maximum atomic E-state index is 2.38. The third-order valence-corrected chi connectivity index (χ3v) is 4.49. The molecule has 0 heterocycles. The molecule has 0 radical (unpaired) electrons. The van der Waals surface area contributed by atoms with Gasteiger partial charge in [-0.05, 0) is 85.5 Å². The van der Waals surface area contributed by atoms with Crippen LogP contribution in [0.25, 0.3) is 11.1 Å². The van der Waals surface area contributed by atoms with Crippen LogP contribution >= 0.6 is 0 Å². The average Bonchev–Trinajstić information content (AvgIpc) is 2.64. The Balaban J connectivity index is 2.35. The van der Waals surface area contributed by atoms with Crippen molar-refractivity contribution in [2.24, 2.45) is 0 Å². The molecule has 2 aromatic rings. The third kappa shape index (κ3) is 1.45. The van der Waals surface area contributed by atoms with Crippen LogP contribution in [-0.2, 0) is 6.42 Å². The summed E-state index contributed by atoms with van der Waals surface area (Å²) in [6.07, 6.45) is 1.11. The summed E-state index contributed by atoms with van der Waals surface area (Å²) in [5.74, 6) is 0. The van der Waals surface area contributed by atoms with Crippen LogP contribution in [0.4, 0.5) is 0 Å². The molecular formula is C18H20. The van der Waals surface area contributed by atoms with Crippen molar-refractivity contribution < 1.29 is 0 Å². The lowest BCUT2D eigenvalue weighted by molar-refractivity contribution is 1.16. The minimum absolute atomic E-state index is 1.11. The summed E-state index contributed by atoms with van der Waals surface area (Å²) >= 11 is 0. The first-order valence-electron chi connectivity index (χ1n) is 6.69. The highest BCUT2D eigenvalue weighted by Crippen LogP contribution is 2.42. The molecule has 0 nitrogen and oxygen atoms in total. The largest absolute Gasteiger partial charge is 0.0557 e. The molecule has 0 heteroatoms. The number of hydrogen-bond donors (Lipinski definition) is 0. The summed E-state index contributed by atoms with van der Waals surface area (Å²) in [4.78, 5) is 0. The zero-order valence-electron chi connectivity index (χ0n) is 11.9. The van der Waals surface area contributed by atoms with Gasteiger partial charge in [0, 0.05) is 0 Å². The monoisotopic (exact) mass is 236 g/mol. The lowest BCUT2D eigenvalue weighted by atomic mass is 9.93. The Bertz CT molecular complexity index is 660. The predicted octanol–water partition coefficient (Wildman–Crippen LogP) is 4.80. The van der Waals surface area contributed by atoms with Crippen LogP contribution in [0.3, 0.4) is 0 Å². The van der Waals surface area contributed by atoms with Gasteiger partial charge in [-0.25, -0.2) is 0 Å². The quantitative estimate of drug-likeness (QED) is 0.526. The van der Waals surface area contributed by atoms with Gasteiger partial charge < -0.3 is 0 Å². The highest BCUT2D eigenvalue weighted by atomic mass is 14.3. The maximum Gasteiger partial charge on any atom is -0.00105 e. The molecule has 0 bridgehead atoms. The number of rotatable bonds is 0. The van der Waals surface area contributed by atoms with E-state index in [4.69, 9.17) is 0 Å². The second-order valence-corrected chi connectivity index (χ2v) is 5.76. The van der Waals surface area contributed by atoms with Crippen LogP contribution in [0.2, 0.25) is 0 Å². The predicted molar refractivity (Wildman–Crippen MR) is 78.4 cm³/mol. The summed E-state index contributed by atoms with van der Waals surface area (Å²) in [5.41, 5.74) is 13.2. The van der Waals surface area contributed by atoms with Crippen molar-refractivity contribution in [2.75, 3.05) is 0 Å². The molecule has 0 saturated carbocycles. The molecule has 0 unspecified atom stereocenters. The van der Waals surface area contributed by atoms with Gasteiger partial charge in [0.1, 0.15) is 0 Å². The van der Waals surface area contributed by atoms with E-state index < -0.39 is 0 Å². The number of aryl methyl sites for hydroxylation is 3.